The van der Waals surface area contributed by atoms with E-state index in [0.717, 1.165) is 32.6 Å². The highest BCUT2D eigenvalue weighted by Crippen LogP contribution is 2.40. The summed E-state index contributed by atoms with van der Waals surface area (Å²) in [6.45, 7) is 3.63. The van der Waals surface area contributed by atoms with Gasteiger partial charge in [0.2, 0.25) is 0 Å². The van der Waals surface area contributed by atoms with Crippen LogP contribution in [0.4, 0.5) is 0 Å². The van der Waals surface area contributed by atoms with E-state index in [0.29, 0.717) is 22.2 Å². The van der Waals surface area contributed by atoms with E-state index in [2.05, 4.69) is 9.97 Å². The molecule has 5 aromatic rings. The highest BCUT2D eigenvalue weighted by molar-refractivity contribution is 6.33. The molecule has 3 aromatic carbocycles. The molecule has 0 radical (unpaired) electrons. The van der Waals surface area contributed by atoms with E-state index in [4.69, 9.17) is 4.74 Å². The van der Waals surface area contributed by atoms with E-state index in [9.17, 15) is 9.59 Å². The van der Waals surface area contributed by atoms with Crippen LogP contribution in [-0.2, 0) is 4.74 Å². The predicted molar refractivity (Wildman–Crippen MR) is 111 cm³/mol. The van der Waals surface area contributed by atoms with Gasteiger partial charge in [-0.25, -0.2) is 4.79 Å². The van der Waals surface area contributed by atoms with Gasteiger partial charge in [-0.05, 0) is 26.0 Å². The number of rotatable bonds is 3. The van der Waals surface area contributed by atoms with E-state index in [-0.39, 0.29) is 12.4 Å². The summed E-state index contributed by atoms with van der Waals surface area (Å²) in [5.41, 5.74) is 4.06. The molecule has 0 aliphatic rings. The van der Waals surface area contributed by atoms with Crippen LogP contribution in [0.15, 0.2) is 48.5 Å². The molecular formula is C23H18N2O3. The van der Waals surface area contributed by atoms with Crippen LogP contribution in [0.2, 0.25) is 0 Å². The Bertz CT molecular complexity index is 1330. The molecule has 0 unspecified atom stereocenters. The van der Waals surface area contributed by atoms with Crippen molar-refractivity contribution in [2.45, 2.75) is 13.8 Å². The minimum atomic E-state index is -0.411. The van der Waals surface area contributed by atoms with Gasteiger partial charge in [0, 0.05) is 38.1 Å². The second-order valence-electron chi connectivity index (χ2n) is 6.87. The predicted octanol–water partition coefficient (Wildman–Crippen LogP) is 5.33. The molecule has 0 saturated heterocycles. The number of aromatic nitrogens is 2. The Morgan fingerprint density at radius 2 is 1.32 bits per heavy atom. The number of hydrogen-bond acceptors (Lipinski definition) is 3. The smallest absolute Gasteiger partial charge is 0.342 e. The van der Waals surface area contributed by atoms with Crippen LogP contribution >= 0.6 is 0 Å². The lowest BCUT2D eigenvalue weighted by Gasteiger charge is -2.10. The van der Waals surface area contributed by atoms with Crippen LogP contribution < -0.4 is 0 Å². The van der Waals surface area contributed by atoms with Crippen LogP contribution in [-0.4, -0.2) is 28.3 Å². The molecule has 0 aliphatic heterocycles. The topological polar surface area (TPSA) is 75.0 Å². The maximum Gasteiger partial charge on any atom is 0.342 e. The molecule has 5 heteroatoms. The number of esters is 1. The van der Waals surface area contributed by atoms with Crippen molar-refractivity contribution in [2.24, 2.45) is 0 Å². The van der Waals surface area contributed by atoms with Crippen LogP contribution in [0.5, 0.6) is 0 Å². The first-order chi connectivity index (χ1) is 13.6. The molecular weight excluding hydrogens is 352 g/mol. The van der Waals surface area contributed by atoms with E-state index in [1.807, 2.05) is 48.5 Å². The summed E-state index contributed by atoms with van der Waals surface area (Å²) in [5, 5.41) is 3.37. The number of carbonyl (C=O) groups excluding carboxylic acids is 2. The number of benzene rings is 3. The van der Waals surface area contributed by atoms with Crippen molar-refractivity contribution in [3.63, 3.8) is 0 Å². The van der Waals surface area contributed by atoms with Gasteiger partial charge in [0.25, 0.3) is 0 Å². The SMILES string of the molecule is CCOC(=O)c1c2[nH]c3ccccc3c2c(C(C)=O)c2c1[nH]c1ccccc12. The highest BCUT2D eigenvalue weighted by atomic mass is 16.5. The average Bonchev–Trinajstić information content (AvgIpc) is 3.24. The number of fused-ring (bicyclic) bond motifs is 6. The second kappa shape index (κ2) is 5.96. The number of H-pyrrole nitrogens is 2. The molecule has 0 fully saturated rings. The van der Waals surface area contributed by atoms with Crippen molar-refractivity contribution in [2.75, 3.05) is 6.61 Å². The molecule has 0 aliphatic carbocycles. The lowest BCUT2D eigenvalue weighted by atomic mass is 9.94. The Balaban J connectivity index is 2.13. The third kappa shape index (κ3) is 2.13. The standard InChI is InChI=1S/C23H18N2O3/c1-3-28-23(27)20-21-18(13-8-4-6-10-15(13)24-21)17(12(2)26)19-14-9-5-7-11-16(14)25-22(19)20/h4-11,24-25H,3H2,1-2H3. The fourth-order valence-corrected chi connectivity index (χ4v) is 4.19. The van der Waals surface area contributed by atoms with E-state index < -0.39 is 5.97 Å². The molecule has 2 aromatic heterocycles. The zero-order chi connectivity index (χ0) is 19.4. The van der Waals surface area contributed by atoms with Gasteiger partial charge in [-0.15, -0.1) is 0 Å². The number of aromatic amines is 2. The summed E-state index contributed by atoms with van der Waals surface area (Å²) in [4.78, 5) is 32.5. The third-order valence-electron chi connectivity index (χ3n) is 5.24. The number of carbonyl (C=O) groups is 2. The molecule has 0 saturated carbocycles. The van der Waals surface area contributed by atoms with Gasteiger partial charge in [-0.1, -0.05) is 36.4 Å². The molecule has 0 spiro atoms. The summed E-state index contributed by atoms with van der Waals surface area (Å²) >= 11 is 0. The summed E-state index contributed by atoms with van der Waals surface area (Å²) in [6.07, 6.45) is 0. The molecule has 28 heavy (non-hydrogen) atoms. The lowest BCUT2D eigenvalue weighted by molar-refractivity contribution is 0.0530. The number of ketones is 1. The van der Waals surface area contributed by atoms with Gasteiger partial charge < -0.3 is 14.7 Å². The number of hydrogen-bond donors (Lipinski definition) is 2. The highest BCUT2D eigenvalue weighted by Gasteiger charge is 2.27. The molecule has 2 N–H and O–H groups in total. The van der Waals surface area contributed by atoms with Crippen LogP contribution in [0, 0.1) is 0 Å². The van der Waals surface area contributed by atoms with Gasteiger partial charge in [-0.3, -0.25) is 4.79 Å². The van der Waals surface area contributed by atoms with Crippen molar-refractivity contribution in [1.82, 2.24) is 9.97 Å². The fourth-order valence-electron chi connectivity index (χ4n) is 4.19. The molecule has 0 amide bonds. The Morgan fingerprint density at radius 3 is 1.79 bits per heavy atom. The molecule has 0 bridgehead atoms. The van der Waals surface area contributed by atoms with E-state index in [1.165, 1.54) is 0 Å². The summed E-state index contributed by atoms with van der Waals surface area (Å²) in [7, 11) is 0. The molecule has 5 rings (SSSR count). The first-order valence-electron chi connectivity index (χ1n) is 9.26. The van der Waals surface area contributed by atoms with Crippen LogP contribution in [0.1, 0.15) is 34.6 Å². The molecule has 2 heterocycles. The molecule has 5 nitrogen and oxygen atoms in total. The Hall–Kier alpha value is -3.60. The Labute approximate surface area is 160 Å². The second-order valence-corrected chi connectivity index (χ2v) is 6.87. The van der Waals surface area contributed by atoms with Gasteiger partial charge >= 0.3 is 5.97 Å². The van der Waals surface area contributed by atoms with Crippen molar-refractivity contribution in [3.8, 4) is 0 Å². The molecule has 138 valence electrons. The van der Waals surface area contributed by atoms with Crippen LogP contribution in [0.3, 0.4) is 0 Å². The zero-order valence-electron chi connectivity index (χ0n) is 15.6. The van der Waals surface area contributed by atoms with Gasteiger partial charge in [-0.2, -0.15) is 0 Å². The normalized spacial score (nSPS) is 11.6. The number of ether oxygens (including phenoxy) is 1. The van der Waals surface area contributed by atoms with Gasteiger partial charge in [0.05, 0.1) is 17.6 Å². The maximum atomic E-state index is 13.0. The third-order valence-corrected chi connectivity index (χ3v) is 5.24. The van der Waals surface area contributed by atoms with Crippen LogP contribution in [0.25, 0.3) is 43.6 Å². The monoisotopic (exact) mass is 370 g/mol. The minimum Gasteiger partial charge on any atom is -0.462 e. The zero-order valence-corrected chi connectivity index (χ0v) is 15.6. The summed E-state index contributed by atoms with van der Waals surface area (Å²) in [6, 6.07) is 15.5. The van der Waals surface area contributed by atoms with E-state index in [1.54, 1.807) is 13.8 Å². The largest absolute Gasteiger partial charge is 0.462 e. The Kier molecular flexibility index (Phi) is 3.52. The van der Waals surface area contributed by atoms with Crippen molar-refractivity contribution >= 4 is 55.4 Å². The summed E-state index contributed by atoms with van der Waals surface area (Å²) < 4.78 is 5.37. The maximum absolute atomic E-state index is 13.0. The first-order valence-corrected chi connectivity index (χ1v) is 9.26. The minimum absolute atomic E-state index is 0.0417. The number of Topliss-reactive ketones (excluding diaryl/α,β-unsaturated/α-hetero) is 1. The average molecular weight is 370 g/mol. The van der Waals surface area contributed by atoms with Crippen molar-refractivity contribution in [1.29, 1.82) is 0 Å². The van der Waals surface area contributed by atoms with Gasteiger partial charge in [0.1, 0.15) is 5.56 Å². The van der Waals surface area contributed by atoms with Crippen molar-refractivity contribution < 1.29 is 14.3 Å². The number of para-hydroxylation sites is 2. The van der Waals surface area contributed by atoms with Gasteiger partial charge in [0.15, 0.2) is 5.78 Å². The quantitative estimate of drug-likeness (QED) is 0.333. The fraction of sp³-hybridized carbons (Fsp3) is 0.130. The number of nitrogens with one attached hydrogen (secondary N) is 2. The first kappa shape index (κ1) is 16.6. The lowest BCUT2D eigenvalue weighted by Crippen LogP contribution is -2.08. The Morgan fingerprint density at radius 1 is 0.821 bits per heavy atom. The van der Waals surface area contributed by atoms with E-state index >= 15 is 0 Å². The summed E-state index contributed by atoms with van der Waals surface area (Å²) in [5.74, 6) is -0.453. The van der Waals surface area contributed by atoms with Crippen molar-refractivity contribution in [3.05, 3.63) is 59.7 Å². The molecule has 0 atom stereocenters.